The number of rotatable bonds is 17. The molecule has 5 unspecified atom stereocenters. The number of allylic oxidation sites excluding steroid dienone is 2. The van der Waals surface area contributed by atoms with Gasteiger partial charge < -0.3 is 28.7 Å². The minimum Gasteiger partial charge on any atom is -0.465 e. The molecular formula is C82H80IrN6O2-2. The van der Waals surface area contributed by atoms with E-state index in [1.165, 1.54) is 44.1 Å². The Kier molecular flexibility index (Phi) is 19.6. The second-order valence-electron chi connectivity index (χ2n) is 26.1. The van der Waals surface area contributed by atoms with Gasteiger partial charge in [0.05, 0.1) is 35.6 Å². The Morgan fingerprint density at radius 1 is 0.582 bits per heavy atom. The topological polar surface area (TPSA) is 77.5 Å². The van der Waals surface area contributed by atoms with Gasteiger partial charge in [-0.15, -0.1) is 71.3 Å². The van der Waals surface area contributed by atoms with E-state index in [9.17, 15) is 4.79 Å². The van der Waals surface area contributed by atoms with Crippen LogP contribution < -0.4 is 4.90 Å². The summed E-state index contributed by atoms with van der Waals surface area (Å²) in [5, 5.41) is 2.54. The van der Waals surface area contributed by atoms with Crippen LogP contribution in [0.15, 0.2) is 254 Å². The maximum atomic E-state index is 14.5. The van der Waals surface area contributed by atoms with Crippen LogP contribution in [0, 0.1) is 18.1 Å². The van der Waals surface area contributed by atoms with Crippen molar-refractivity contribution in [3.8, 4) is 33.9 Å². The van der Waals surface area contributed by atoms with Crippen LogP contribution >= 0.6 is 0 Å². The molecule has 5 atom stereocenters. The summed E-state index contributed by atoms with van der Waals surface area (Å²) in [6, 6.07) is 76.7. The first kappa shape index (κ1) is 63.6. The monoisotopic (exact) mass is 1370 g/mol. The number of carbonyl (C=O) groups excluding carboxylic acids is 1. The van der Waals surface area contributed by atoms with Gasteiger partial charge in [-0.2, -0.15) is 0 Å². The number of para-hydroxylation sites is 3. The van der Waals surface area contributed by atoms with E-state index >= 15 is 0 Å². The van der Waals surface area contributed by atoms with Gasteiger partial charge in [0.25, 0.3) is 0 Å². The molecular weight excluding hydrogens is 1290 g/mol. The Morgan fingerprint density at radius 3 is 1.80 bits per heavy atom. The number of aromatic nitrogens is 4. The predicted molar refractivity (Wildman–Crippen MR) is 371 cm³/mol. The summed E-state index contributed by atoms with van der Waals surface area (Å²) in [5.41, 5.74) is 16.6. The van der Waals surface area contributed by atoms with Gasteiger partial charge in [-0.3, -0.25) is 9.79 Å². The van der Waals surface area contributed by atoms with Gasteiger partial charge in [0, 0.05) is 78.3 Å². The van der Waals surface area contributed by atoms with Crippen molar-refractivity contribution in [2.24, 2.45) is 10.9 Å². The molecule has 9 heteroatoms. The summed E-state index contributed by atoms with van der Waals surface area (Å²) >= 11 is 0. The first-order chi connectivity index (χ1) is 43.7. The molecule has 1 aliphatic heterocycles. The molecule has 4 aromatic heterocycles. The van der Waals surface area contributed by atoms with Crippen LogP contribution in [0.2, 0.25) is 0 Å². The van der Waals surface area contributed by atoms with Crippen LogP contribution in [0.4, 0.5) is 5.69 Å². The molecule has 2 aliphatic rings. The van der Waals surface area contributed by atoms with E-state index in [0.29, 0.717) is 25.9 Å². The van der Waals surface area contributed by atoms with Crippen molar-refractivity contribution in [3.05, 3.63) is 295 Å². The van der Waals surface area contributed by atoms with E-state index in [4.69, 9.17) is 9.73 Å². The Hall–Kier alpha value is -9.01. The molecule has 0 saturated carbocycles. The van der Waals surface area contributed by atoms with Gasteiger partial charge in [0.2, 0.25) is 0 Å². The smallest absolute Gasteiger partial charge is 0.308 e. The van der Waals surface area contributed by atoms with Gasteiger partial charge in [0.1, 0.15) is 5.84 Å². The van der Waals surface area contributed by atoms with Crippen molar-refractivity contribution >= 4 is 39.3 Å². The zero-order chi connectivity index (χ0) is 62.4. The third kappa shape index (κ3) is 14.3. The molecule has 11 aromatic rings. The van der Waals surface area contributed by atoms with Crippen molar-refractivity contribution in [2.45, 2.75) is 116 Å². The Bertz CT molecular complexity index is 4220. The van der Waals surface area contributed by atoms with Crippen molar-refractivity contribution in [1.29, 1.82) is 0 Å². The maximum absolute atomic E-state index is 14.5. The van der Waals surface area contributed by atoms with Crippen LogP contribution in [0.3, 0.4) is 0 Å². The molecule has 13 rings (SSSR count). The Morgan fingerprint density at radius 2 is 1.19 bits per heavy atom. The quantitative estimate of drug-likeness (QED) is 0.0671. The molecule has 8 nitrogen and oxygen atoms in total. The summed E-state index contributed by atoms with van der Waals surface area (Å²) in [5.74, 6) is 0.586. The molecule has 91 heavy (non-hydrogen) atoms. The van der Waals surface area contributed by atoms with Gasteiger partial charge in [-0.05, 0) is 143 Å². The number of nitrogens with zero attached hydrogens (tertiary/aromatic N) is 6. The molecule has 1 aliphatic carbocycles. The Balaban J connectivity index is 0.000000584. The third-order valence-corrected chi connectivity index (χ3v) is 17.7. The number of esters is 1. The summed E-state index contributed by atoms with van der Waals surface area (Å²) < 4.78 is 11.1. The number of pyridine rings is 2. The van der Waals surface area contributed by atoms with Crippen molar-refractivity contribution in [1.82, 2.24) is 19.1 Å². The number of ether oxygens (including phenoxy) is 1. The van der Waals surface area contributed by atoms with E-state index in [0.717, 1.165) is 63.0 Å². The number of hydrogen-bond acceptors (Lipinski definition) is 6. The minimum atomic E-state index is -0.312. The van der Waals surface area contributed by atoms with Crippen LogP contribution in [0.25, 0.3) is 55.7 Å². The average Bonchev–Trinajstić information content (AvgIpc) is 1.73. The van der Waals surface area contributed by atoms with Crippen LogP contribution in [0.5, 0.6) is 0 Å². The van der Waals surface area contributed by atoms with Crippen molar-refractivity contribution in [2.75, 3.05) is 11.5 Å². The molecule has 0 amide bonds. The van der Waals surface area contributed by atoms with Crippen molar-refractivity contribution < 1.29 is 29.6 Å². The third-order valence-electron chi connectivity index (χ3n) is 17.7. The number of carbonyl (C=O) groups is 1. The number of amidine groups is 1. The Labute approximate surface area is 551 Å². The first-order valence-corrected chi connectivity index (χ1v) is 31.9. The standard InChI is InChI=1S/C71H72N5O2.C11H8N.Ir/c1-9-50(69(77)78-38-36-49-23-21-25-52(40-49)63-31-19-20-37-72-63)41-55(51-24-22-26-53(42-51)68-73-64-32-15-18-35-67(64)76(68)56-27-11-10-12-28-56)39-48(2)54-43-57(74-46-61(70(3,4)5)59-29-13-16-33-65(59)74)45-58(44-54)75-47-62(71(6,7)8)60-30-14-17-34-66(60)75;1-2-6-10(7-3-1)11-8-4-5-9-12-11;/h10-24,26-35,37,40,42-48,50,55,64,67H,9,36,38-39,41H2,1-8H3;1-6,8-9H;/q2*-1;. The summed E-state index contributed by atoms with van der Waals surface area (Å²) in [6.45, 7) is 18.6. The van der Waals surface area contributed by atoms with E-state index in [2.05, 4.69) is 256 Å². The first-order valence-electron chi connectivity index (χ1n) is 31.9. The fraction of sp³-hybridized carbons (Fsp3) is 0.244. The molecule has 0 N–H and O–H groups in total. The van der Waals surface area contributed by atoms with E-state index in [1.54, 1.807) is 12.4 Å². The number of anilines is 1. The van der Waals surface area contributed by atoms with Gasteiger partial charge >= 0.3 is 5.97 Å². The minimum absolute atomic E-state index is 0. The molecule has 0 spiro atoms. The fourth-order valence-corrected chi connectivity index (χ4v) is 13.0. The molecule has 0 saturated heterocycles. The van der Waals surface area contributed by atoms with Gasteiger partial charge in [-0.1, -0.05) is 177 Å². The fourth-order valence-electron chi connectivity index (χ4n) is 13.0. The van der Waals surface area contributed by atoms with E-state index < -0.39 is 0 Å². The maximum Gasteiger partial charge on any atom is 0.308 e. The molecule has 0 bridgehead atoms. The summed E-state index contributed by atoms with van der Waals surface area (Å²) in [6.07, 6.45) is 19.7. The number of hydrogen-bond donors (Lipinski definition) is 0. The van der Waals surface area contributed by atoms with Crippen LogP contribution in [0.1, 0.15) is 120 Å². The van der Waals surface area contributed by atoms with Crippen molar-refractivity contribution in [3.63, 3.8) is 0 Å². The molecule has 1 radical (unpaired) electrons. The van der Waals surface area contributed by atoms with Gasteiger partial charge in [-0.25, -0.2) is 0 Å². The number of fused-ring (bicyclic) bond motifs is 3. The van der Waals surface area contributed by atoms with Gasteiger partial charge in [0.15, 0.2) is 0 Å². The summed E-state index contributed by atoms with van der Waals surface area (Å²) in [4.78, 5) is 31.0. The van der Waals surface area contributed by atoms with Crippen LogP contribution in [-0.4, -0.2) is 49.6 Å². The van der Waals surface area contributed by atoms with E-state index in [1.807, 2.05) is 72.8 Å². The predicted octanol–water partition coefficient (Wildman–Crippen LogP) is 19.2. The number of benzene rings is 7. The normalized spacial score (nSPS) is 15.5. The zero-order valence-electron chi connectivity index (χ0n) is 53.4. The molecule has 5 heterocycles. The average molecular weight is 1370 g/mol. The number of aliphatic imine (C=N–C) groups is 1. The second kappa shape index (κ2) is 28.0. The van der Waals surface area contributed by atoms with E-state index in [-0.39, 0.29) is 66.7 Å². The SMILES string of the molecule is CCC(CC(CC(C)c1cc(-n2cc(C(C)(C)C)c3ccccc32)cc(-n2cc(C(C)(C)C)c3ccccc32)c1)c1cccc(C2=NC3C=CC=CC3N2c2ccccc2)c1)C(=O)OCCc1cc[c-]c(-c2ccccn2)c1.[Ir].[c-]1ccccc1-c1ccccn1. The second-order valence-corrected chi connectivity index (χ2v) is 26.1. The molecule has 7 aromatic carbocycles. The van der Waals surface area contributed by atoms with Crippen LogP contribution in [-0.2, 0) is 46.9 Å². The zero-order valence-corrected chi connectivity index (χ0v) is 55.8. The molecule has 0 fully saturated rings. The summed E-state index contributed by atoms with van der Waals surface area (Å²) in [7, 11) is 0. The molecule has 461 valence electrons. The largest absolute Gasteiger partial charge is 0.465 e.